The van der Waals surface area contributed by atoms with Crippen LogP contribution in [0.25, 0.3) is 10.9 Å². The van der Waals surface area contributed by atoms with Crippen LogP contribution in [0.2, 0.25) is 0 Å². The fraction of sp³-hybridized carbons (Fsp3) is 0.143. The molecule has 2 amide bonds. The Balaban J connectivity index is 1.63. The van der Waals surface area contributed by atoms with Gasteiger partial charge in [0.05, 0.1) is 5.52 Å². The fourth-order valence-corrected chi connectivity index (χ4v) is 1.97. The van der Waals surface area contributed by atoms with Gasteiger partial charge in [0.2, 0.25) is 5.95 Å². The molecular weight excluding hydrogens is 268 g/mol. The largest absolute Gasteiger partial charge is 0.334 e. The SMILES string of the molecule is Cn1ncnc1NC(=O)NCc1ccc2ncccc2c1. The summed E-state index contributed by atoms with van der Waals surface area (Å²) in [5.74, 6) is 0.398. The van der Waals surface area contributed by atoms with Crippen LogP contribution in [0.5, 0.6) is 0 Å². The van der Waals surface area contributed by atoms with Gasteiger partial charge in [0.15, 0.2) is 0 Å². The first-order valence-electron chi connectivity index (χ1n) is 6.45. The molecule has 0 saturated carbocycles. The second kappa shape index (κ2) is 5.58. The van der Waals surface area contributed by atoms with Crippen LogP contribution in [-0.2, 0) is 13.6 Å². The molecule has 0 spiro atoms. The van der Waals surface area contributed by atoms with E-state index in [4.69, 9.17) is 0 Å². The van der Waals surface area contributed by atoms with Crippen molar-refractivity contribution in [3.8, 4) is 0 Å². The Morgan fingerprint density at radius 3 is 3.00 bits per heavy atom. The first-order chi connectivity index (χ1) is 10.2. The smallest absolute Gasteiger partial charge is 0.321 e. The minimum atomic E-state index is -0.322. The van der Waals surface area contributed by atoms with Crippen LogP contribution < -0.4 is 10.6 Å². The van der Waals surface area contributed by atoms with E-state index >= 15 is 0 Å². The summed E-state index contributed by atoms with van der Waals surface area (Å²) in [7, 11) is 1.71. The van der Waals surface area contributed by atoms with Crippen molar-refractivity contribution in [2.24, 2.45) is 7.05 Å². The lowest BCUT2D eigenvalue weighted by atomic mass is 10.1. The first-order valence-corrected chi connectivity index (χ1v) is 6.45. The first kappa shape index (κ1) is 13.0. The number of carbonyl (C=O) groups is 1. The maximum Gasteiger partial charge on any atom is 0.321 e. The number of amides is 2. The summed E-state index contributed by atoms with van der Waals surface area (Å²) in [6.07, 6.45) is 3.14. The van der Waals surface area contributed by atoms with E-state index in [0.717, 1.165) is 16.5 Å². The highest BCUT2D eigenvalue weighted by molar-refractivity contribution is 5.87. The third-order valence-electron chi connectivity index (χ3n) is 3.06. The van der Waals surface area contributed by atoms with E-state index in [0.29, 0.717) is 12.5 Å². The van der Waals surface area contributed by atoms with Crippen molar-refractivity contribution < 1.29 is 4.79 Å². The highest BCUT2D eigenvalue weighted by atomic mass is 16.2. The number of benzene rings is 1. The normalized spacial score (nSPS) is 10.5. The molecule has 0 aliphatic carbocycles. The number of aromatic nitrogens is 4. The van der Waals surface area contributed by atoms with Gasteiger partial charge in [0.1, 0.15) is 6.33 Å². The molecule has 0 fully saturated rings. The Labute approximate surface area is 121 Å². The number of pyridine rings is 1. The predicted octanol–water partition coefficient (Wildman–Crippen LogP) is 1.69. The molecule has 2 aromatic heterocycles. The molecule has 3 aromatic rings. The summed E-state index contributed by atoms with van der Waals surface area (Å²) in [6.45, 7) is 0.425. The van der Waals surface area contributed by atoms with Gasteiger partial charge < -0.3 is 5.32 Å². The Morgan fingerprint density at radius 2 is 2.19 bits per heavy atom. The number of nitrogens with zero attached hydrogens (tertiary/aromatic N) is 4. The van der Waals surface area contributed by atoms with E-state index < -0.39 is 0 Å². The highest BCUT2D eigenvalue weighted by Crippen LogP contribution is 2.13. The lowest BCUT2D eigenvalue weighted by Crippen LogP contribution is -2.29. The monoisotopic (exact) mass is 282 g/mol. The zero-order valence-corrected chi connectivity index (χ0v) is 11.4. The number of aryl methyl sites for hydroxylation is 1. The van der Waals surface area contributed by atoms with Crippen LogP contribution in [0.4, 0.5) is 10.7 Å². The summed E-state index contributed by atoms with van der Waals surface area (Å²) >= 11 is 0. The van der Waals surface area contributed by atoms with E-state index in [9.17, 15) is 4.79 Å². The number of hydrogen-bond acceptors (Lipinski definition) is 4. The lowest BCUT2D eigenvalue weighted by Gasteiger charge is -2.07. The van der Waals surface area contributed by atoms with E-state index in [1.165, 1.54) is 11.0 Å². The Kier molecular flexibility index (Phi) is 3.46. The van der Waals surface area contributed by atoms with Crippen LogP contribution in [-0.4, -0.2) is 25.8 Å². The average Bonchev–Trinajstić information content (AvgIpc) is 2.90. The number of anilines is 1. The molecule has 3 rings (SSSR count). The van der Waals surface area contributed by atoms with E-state index in [1.54, 1.807) is 13.2 Å². The molecule has 7 nitrogen and oxygen atoms in total. The topological polar surface area (TPSA) is 84.7 Å². The number of rotatable bonds is 3. The van der Waals surface area contributed by atoms with Crippen LogP contribution in [0.3, 0.4) is 0 Å². The van der Waals surface area contributed by atoms with Gasteiger partial charge in [-0.1, -0.05) is 12.1 Å². The summed E-state index contributed by atoms with van der Waals surface area (Å²) in [4.78, 5) is 20.0. The van der Waals surface area contributed by atoms with Gasteiger partial charge in [-0.3, -0.25) is 10.3 Å². The van der Waals surface area contributed by atoms with Gasteiger partial charge in [-0.25, -0.2) is 9.48 Å². The number of carbonyl (C=O) groups excluding carboxylic acids is 1. The lowest BCUT2D eigenvalue weighted by molar-refractivity contribution is 0.251. The van der Waals surface area contributed by atoms with E-state index in [-0.39, 0.29) is 6.03 Å². The molecule has 2 N–H and O–H groups in total. The van der Waals surface area contributed by atoms with Crippen molar-refractivity contribution >= 4 is 22.9 Å². The molecular formula is C14H14N6O. The quantitative estimate of drug-likeness (QED) is 0.765. The summed E-state index contributed by atoms with van der Waals surface area (Å²) in [6, 6.07) is 9.44. The predicted molar refractivity (Wildman–Crippen MR) is 78.6 cm³/mol. The third kappa shape index (κ3) is 2.97. The summed E-state index contributed by atoms with van der Waals surface area (Å²) in [5.41, 5.74) is 1.94. The second-order valence-corrected chi connectivity index (χ2v) is 4.55. The highest BCUT2D eigenvalue weighted by Gasteiger charge is 2.06. The Bertz CT molecular complexity index is 782. The fourth-order valence-electron chi connectivity index (χ4n) is 1.97. The molecule has 0 aliphatic heterocycles. The van der Waals surface area contributed by atoms with Crippen LogP contribution in [0.1, 0.15) is 5.56 Å². The van der Waals surface area contributed by atoms with Gasteiger partial charge in [0.25, 0.3) is 0 Å². The molecule has 0 unspecified atom stereocenters. The Morgan fingerprint density at radius 1 is 1.29 bits per heavy atom. The zero-order valence-electron chi connectivity index (χ0n) is 11.4. The zero-order chi connectivity index (χ0) is 14.7. The van der Waals surface area contributed by atoms with Gasteiger partial charge >= 0.3 is 6.03 Å². The van der Waals surface area contributed by atoms with Crippen LogP contribution in [0, 0.1) is 0 Å². The number of urea groups is 1. The second-order valence-electron chi connectivity index (χ2n) is 4.55. The van der Waals surface area contributed by atoms with Crippen LogP contribution in [0.15, 0.2) is 42.9 Å². The standard InChI is InChI=1S/C14H14N6O/c1-20-13(17-9-18-20)19-14(21)16-8-10-4-5-12-11(7-10)3-2-6-15-12/h2-7,9H,8H2,1H3,(H2,16,17,18,19,21). The van der Waals surface area contributed by atoms with Crippen LogP contribution >= 0.6 is 0 Å². The number of hydrogen-bond donors (Lipinski definition) is 2. The number of fused-ring (bicyclic) bond motifs is 1. The summed E-state index contributed by atoms with van der Waals surface area (Å²) in [5, 5.41) is 10.3. The molecule has 0 saturated heterocycles. The molecule has 21 heavy (non-hydrogen) atoms. The van der Waals surface area contributed by atoms with Crippen molar-refractivity contribution in [2.75, 3.05) is 5.32 Å². The Hall–Kier alpha value is -2.96. The van der Waals surface area contributed by atoms with Gasteiger partial charge in [0, 0.05) is 25.2 Å². The summed E-state index contributed by atoms with van der Waals surface area (Å²) < 4.78 is 1.49. The maximum absolute atomic E-state index is 11.8. The van der Waals surface area contributed by atoms with Crippen molar-refractivity contribution in [1.29, 1.82) is 0 Å². The van der Waals surface area contributed by atoms with Gasteiger partial charge in [-0.05, 0) is 23.8 Å². The average molecular weight is 282 g/mol. The molecule has 1 aromatic carbocycles. The minimum Gasteiger partial charge on any atom is -0.334 e. The molecule has 106 valence electrons. The molecule has 0 aliphatic rings. The number of nitrogens with one attached hydrogen (secondary N) is 2. The molecule has 0 atom stereocenters. The van der Waals surface area contributed by atoms with Gasteiger partial charge in [-0.15, -0.1) is 0 Å². The van der Waals surface area contributed by atoms with Crippen molar-refractivity contribution in [2.45, 2.75) is 6.54 Å². The van der Waals surface area contributed by atoms with E-state index in [1.807, 2.05) is 30.3 Å². The third-order valence-corrected chi connectivity index (χ3v) is 3.06. The van der Waals surface area contributed by atoms with Crippen molar-refractivity contribution in [3.05, 3.63) is 48.4 Å². The van der Waals surface area contributed by atoms with Crippen molar-refractivity contribution in [1.82, 2.24) is 25.1 Å². The molecule has 0 bridgehead atoms. The molecule has 7 heteroatoms. The molecule has 0 radical (unpaired) electrons. The minimum absolute atomic E-state index is 0.322. The van der Waals surface area contributed by atoms with E-state index in [2.05, 4.69) is 25.7 Å². The van der Waals surface area contributed by atoms with Crippen molar-refractivity contribution in [3.63, 3.8) is 0 Å². The maximum atomic E-state index is 11.8. The molecule has 2 heterocycles. The van der Waals surface area contributed by atoms with Gasteiger partial charge in [-0.2, -0.15) is 10.1 Å².